The van der Waals surface area contributed by atoms with Gasteiger partial charge >= 0.3 is 0 Å². The molecule has 1 aliphatic heterocycles. The second-order valence-electron chi connectivity index (χ2n) is 8.29. The summed E-state index contributed by atoms with van der Waals surface area (Å²) in [6.07, 6.45) is 3.77. The summed E-state index contributed by atoms with van der Waals surface area (Å²) in [6.45, 7) is 11.1. The number of benzene rings is 2. The fourth-order valence-electron chi connectivity index (χ4n) is 4.00. The number of nitrogens with one attached hydrogen (secondary N) is 1. The fraction of sp³-hybridized carbons (Fsp3) is 0.360. The Morgan fingerprint density at radius 1 is 1.13 bits per heavy atom. The van der Waals surface area contributed by atoms with Crippen molar-refractivity contribution in [3.05, 3.63) is 57.8 Å². The van der Waals surface area contributed by atoms with Crippen LogP contribution in [0.2, 0.25) is 0 Å². The summed E-state index contributed by atoms with van der Waals surface area (Å²) in [5.74, 6) is 0.233. The minimum atomic E-state index is -0.520. The lowest BCUT2D eigenvalue weighted by molar-refractivity contribution is 0.0948. The zero-order chi connectivity index (χ0) is 22.2. The number of hydrogen-bond acceptors (Lipinski definition) is 5. The van der Waals surface area contributed by atoms with Gasteiger partial charge in [-0.15, -0.1) is 0 Å². The number of fused-ring (bicyclic) bond motifs is 3. The van der Waals surface area contributed by atoms with E-state index < -0.39 is 5.60 Å². The van der Waals surface area contributed by atoms with Crippen molar-refractivity contribution in [1.29, 1.82) is 0 Å². The summed E-state index contributed by atoms with van der Waals surface area (Å²) in [5.41, 5.74) is 1.01. The molecule has 4 rings (SSSR count). The number of nitrogens with zero attached hydrogens (tertiary/aromatic N) is 1. The molecule has 1 amide bonds. The third-order valence-corrected chi connectivity index (χ3v) is 5.73. The Morgan fingerprint density at radius 3 is 2.61 bits per heavy atom. The van der Waals surface area contributed by atoms with Gasteiger partial charge in [-0.2, -0.15) is 0 Å². The van der Waals surface area contributed by atoms with Crippen LogP contribution in [0, 0.1) is 0 Å². The van der Waals surface area contributed by atoms with Crippen LogP contribution < -0.4 is 15.5 Å². The van der Waals surface area contributed by atoms with Gasteiger partial charge in [0.1, 0.15) is 22.5 Å². The minimum absolute atomic E-state index is 0.216. The van der Waals surface area contributed by atoms with E-state index in [-0.39, 0.29) is 16.7 Å². The number of rotatable bonds is 6. The van der Waals surface area contributed by atoms with Crippen molar-refractivity contribution in [1.82, 2.24) is 10.2 Å². The Kier molecular flexibility index (Phi) is 5.58. The zero-order valence-corrected chi connectivity index (χ0v) is 18.5. The largest absolute Gasteiger partial charge is 0.483 e. The third kappa shape index (κ3) is 3.95. The molecule has 162 valence electrons. The second kappa shape index (κ2) is 8.19. The molecule has 0 atom stereocenters. The molecule has 0 fully saturated rings. The predicted octanol–water partition coefficient (Wildman–Crippen LogP) is 4.20. The van der Waals surface area contributed by atoms with Crippen molar-refractivity contribution in [3.63, 3.8) is 0 Å². The lowest BCUT2D eigenvalue weighted by Gasteiger charge is -2.29. The lowest BCUT2D eigenvalue weighted by atomic mass is 9.94. The highest BCUT2D eigenvalue weighted by molar-refractivity contribution is 6.11. The van der Waals surface area contributed by atoms with Gasteiger partial charge in [0.2, 0.25) is 5.43 Å². The molecular weight excluding hydrogens is 392 g/mol. The van der Waals surface area contributed by atoms with Gasteiger partial charge < -0.3 is 19.4 Å². The number of likely N-dealkylation sites (N-methyl/N-ethyl adjacent to an activating group) is 1. The first-order chi connectivity index (χ1) is 14.8. The van der Waals surface area contributed by atoms with Crippen molar-refractivity contribution in [2.45, 2.75) is 33.3 Å². The van der Waals surface area contributed by atoms with E-state index >= 15 is 0 Å². The number of hydrogen-bond donors (Lipinski definition) is 1. The highest BCUT2D eigenvalue weighted by Gasteiger charge is 2.29. The van der Waals surface area contributed by atoms with E-state index in [0.29, 0.717) is 40.0 Å². The van der Waals surface area contributed by atoms with Crippen LogP contribution in [0.4, 0.5) is 0 Å². The van der Waals surface area contributed by atoms with E-state index in [1.165, 1.54) is 0 Å². The van der Waals surface area contributed by atoms with E-state index in [1.54, 1.807) is 24.3 Å². The maximum absolute atomic E-state index is 13.4. The standard InChI is InChI=1S/C25H28N2O4/c1-5-27(6-2)14-13-26-24(29)21-16-11-12-25(3,4)31-19(16)15-20-22(21)23(28)17-9-7-8-10-18(17)30-20/h7-12,15H,5-6,13-14H2,1-4H3,(H,26,29). The average Bonchev–Trinajstić information content (AvgIpc) is 2.74. The predicted molar refractivity (Wildman–Crippen MR) is 124 cm³/mol. The summed E-state index contributed by atoms with van der Waals surface area (Å²) in [7, 11) is 0. The van der Waals surface area contributed by atoms with Gasteiger partial charge in [-0.05, 0) is 45.1 Å². The lowest BCUT2D eigenvalue weighted by Crippen LogP contribution is -2.36. The Bertz CT molecular complexity index is 1240. The molecule has 0 unspecified atom stereocenters. The molecule has 1 aliphatic rings. The first kappa shape index (κ1) is 21.1. The average molecular weight is 421 g/mol. The second-order valence-corrected chi connectivity index (χ2v) is 8.29. The van der Waals surface area contributed by atoms with Crippen molar-refractivity contribution in [2.24, 2.45) is 0 Å². The summed E-state index contributed by atoms with van der Waals surface area (Å²) >= 11 is 0. The first-order valence-corrected chi connectivity index (χ1v) is 10.8. The molecule has 1 aromatic heterocycles. The Labute approximate surface area is 181 Å². The molecule has 0 saturated carbocycles. The summed E-state index contributed by atoms with van der Waals surface area (Å²) in [5, 5.41) is 3.72. The molecule has 2 aromatic carbocycles. The number of amides is 1. The van der Waals surface area contributed by atoms with Gasteiger partial charge in [0, 0.05) is 24.7 Å². The molecule has 0 aliphatic carbocycles. The molecule has 3 aromatic rings. The quantitative estimate of drug-likeness (QED) is 0.605. The van der Waals surface area contributed by atoms with E-state index in [9.17, 15) is 9.59 Å². The first-order valence-electron chi connectivity index (χ1n) is 10.8. The Hall–Kier alpha value is -3.12. The maximum atomic E-state index is 13.4. The molecule has 0 bridgehead atoms. The minimum Gasteiger partial charge on any atom is -0.483 e. The van der Waals surface area contributed by atoms with Crippen molar-refractivity contribution in [2.75, 3.05) is 26.2 Å². The van der Waals surface area contributed by atoms with Crippen molar-refractivity contribution in [3.8, 4) is 5.75 Å². The molecule has 31 heavy (non-hydrogen) atoms. The summed E-state index contributed by atoms with van der Waals surface area (Å²) < 4.78 is 12.1. The van der Waals surface area contributed by atoms with E-state index in [2.05, 4.69) is 24.1 Å². The van der Waals surface area contributed by atoms with Crippen LogP contribution in [0.5, 0.6) is 5.75 Å². The molecule has 0 radical (unpaired) electrons. The maximum Gasteiger partial charge on any atom is 0.252 e. The molecule has 6 heteroatoms. The summed E-state index contributed by atoms with van der Waals surface area (Å²) in [4.78, 5) is 29.0. The van der Waals surface area contributed by atoms with Crippen molar-refractivity contribution < 1.29 is 13.9 Å². The molecule has 6 nitrogen and oxygen atoms in total. The molecule has 0 spiro atoms. The number of carbonyl (C=O) groups is 1. The number of ether oxygens (including phenoxy) is 1. The smallest absolute Gasteiger partial charge is 0.252 e. The van der Waals surface area contributed by atoms with Gasteiger partial charge in [0.25, 0.3) is 5.91 Å². The summed E-state index contributed by atoms with van der Waals surface area (Å²) in [6, 6.07) is 8.80. The van der Waals surface area contributed by atoms with E-state index in [0.717, 1.165) is 19.6 Å². The van der Waals surface area contributed by atoms with Crippen LogP contribution in [-0.2, 0) is 0 Å². The van der Waals surface area contributed by atoms with Crippen LogP contribution in [0.15, 0.2) is 45.6 Å². The molecule has 2 heterocycles. The topological polar surface area (TPSA) is 71.8 Å². The van der Waals surface area contributed by atoms with Crippen LogP contribution in [-0.4, -0.2) is 42.6 Å². The van der Waals surface area contributed by atoms with Crippen LogP contribution in [0.1, 0.15) is 43.6 Å². The fourth-order valence-corrected chi connectivity index (χ4v) is 4.00. The van der Waals surface area contributed by atoms with Gasteiger partial charge in [0.15, 0.2) is 0 Å². The Morgan fingerprint density at radius 2 is 1.87 bits per heavy atom. The van der Waals surface area contributed by atoms with Crippen LogP contribution >= 0.6 is 0 Å². The number of carbonyl (C=O) groups excluding carboxylic acids is 1. The molecule has 0 saturated heterocycles. The highest BCUT2D eigenvalue weighted by Crippen LogP contribution is 2.37. The van der Waals surface area contributed by atoms with Crippen molar-refractivity contribution >= 4 is 33.9 Å². The number of para-hydroxylation sites is 1. The monoisotopic (exact) mass is 420 g/mol. The third-order valence-electron chi connectivity index (χ3n) is 5.73. The SMILES string of the molecule is CCN(CC)CCNC(=O)c1c2c(cc3oc4ccccc4c(=O)c13)OC(C)(C)C=C2. The highest BCUT2D eigenvalue weighted by atomic mass is 16.5. The van der Waals surface area contributed by atoms with Crippen LogP contribution in [0.25, 0.3) is 28.0 Å². The van der Waals surface area contributed by atoms with Crippen LogP contribution in [0.3, 0.4) is 0 Å². The van der Waals surface area contributed by atoms with Gasteiger partial charge in [-0.1, -0.05) is 32.1 Å². The molecule has 1 N–H and O–H groups in total. The van der Waals surface area contributed by atoms with Gasteiger partial charge in [-0.3, -0.25) is 9.59 Å². The Balaban J connectivity index is 1.88. The zero-order valence-electron chi connectivity index (χ0n) is 18.5. The van der Waals surface area contributed by atoms with E-state index in [4.69, 9.17) is 9.15 Å². The van der Waals surface area contributed by atoms with Gasteiger partial charge in [0.05, 0.1) is 16.3 Å². The van der Waals surface area contributed by atoms with E-state index in [1.807, 2.05) is 32.1 Å². The normalized spacial score (nSPS) is 14.6. The molecular formula is C25H28N2O4. The van der Waals surface area contributed by atoms with Gasteiger partial charge in [-0.25, -0.2) is 0 Å².